The molecule has 0 aliphatic carbocycles. The molecular formula is C13H15BrN2S. The van der Waals surface area contributed by atoms with E-state index in [1.54, 1.807) is 11.3 Å². The van der Waals surface area contributed by atoms with E-state index in [1.165, 1.54) is 10.4 Å². The van der Waals surface area contributed by atoms with E-state index in [0.717, 1.165) is 4.47 Å². The van der Waals surface area contributed by atoms with E-state index < -0.39 is 0 Å². The lowest BCUT2D eigenvalue weighted by atomic mass is 10.1. The van der Waals surface area contributed by atoms with Crippen LogP contribution in [0.2, 0.25) is 0 Å². The van der Waals surface area contributed by atoms with Crippen molar-refractivity contribution in [3.8, 4) is 0 Å². The monoisotopic (exact) mass is 310 g/mol. The topological polar surface area (TPSA) is 24.9 Å². The van der Waals surface area contributed by atoms with Gasteiger partial charge in [0.05, 0.1) is 5.51 Å². The molecule has 0 saturated heterocycles. The molecule has 1 unspecified atom stereocenters. The van der Waals surface area contributed by atoms with Gasteiger partial charge >= 0.3 is 0 Å². The summed E-state index contributed by atoms with van der Waals surface area (Å²) in [5, 5.41) is 3.57. The maximum absolute atomic E-state index is 4.11. The summed E-state index contributed by atoms with van der Waals surface area (Å²) in [6.07, 6.45) is 1.93. The fourth-order valence-corrected chi connectivity index (χ4v) is 2.65. The minimum absolute atomic E-state index is 0.334. The molecule has 0 spiro atoms. The SMILES string of the molecule is CC(N[C@@H](C)c1ccc(Br)cc1)c1cncs1. The molecule has 4 heteroatoms. The van der Waals surface area contributed by atoms with Gasteiger partial charge in [0.25, 0.3) is 0 Å². The Balaban J connectivity index is 2.01. The van der Waals surface area contributed by atoms with Crippen molar-refractivity contribution in [2.45, 2.75) is 25.9 Å². The lowest BCUT2D eigenvalue weighted by molar-refractivity contribution is 0.499. The van der Waals surface area contributed by atoms with E-state index in [2.05, 4.69) is 64.3 Å². The maximum Gasteiger partial charge on any atom is 0.0794 e. The minimum atomic E-state index is 0.334. The zero-order valence-electron chi connectivity index (χ0n) is 9.85. The quantitative estimate of drug-likeness (QED) is 0.909. The van der Waals surface area contributed by atoms with E-state index in [-0.39, 0.29) is 0 Å². The highest BCUT2D eigenvalue weighted by Crippen LogP contribution is 2.22. The standard InChI is InChI=1S/C13H15BrN2S/c1-9(11-3-5-12(14)6-4-11)16-10(2)13-7-15-8-17-13/h3-10,16H,1-2H3/t9-,10?/m0/s1. The summed E-state index contributed by atoms with van der Waals surface area (Å²) in [5.74, 6) is 0. The summed E-state index contributed by atoms with van der Waals surface area (Å²) in [5.41, 5.74) is 3.17. The van der Waals surface area contributed by atoms with Gasteiger partial charge in [0.15, 0.2) is 0 Å². The summed E-state index contributed by atoms with van der Waals surface area (Å²) in [6, 6.07) is 9.10. The van der Waals surface area contributed by atoms with Crippen LogP contribution in [0.25, 0.3) is 0 Å². The van der Waals surface area contributed by atoms with E-state index in [1.807, 2.05) is 11.7 Å². The van der Waals surface area contributed by atoms with Gasteiger partial charge in [-0.05, 0) is 31.5 Å². The predicted octanol–water partition coefficient (Wildman–Crippen LogP) is 4.32. The summed E-state index contributed by atoms with van der Waals surface area (Å²) in [7, 11) is 0. The molecule has 0 aliphatic heterocycles. The van der Waals surface area contributed by atoms with Crippen LogP contribution in [0.5, 0.6) is 0 Å². The van der Waals surface area contributed by atoms with Gasteiger partial charge in [-0.3, -0.25) is 4.98 Å². The summed E-state index contributed by atoms with van der Waals surface area (Å²) in [6.45, 7) is 4.35. The maximum atomic E-state index is 4.11. The molecule has 1 N–H and O–H groups in total. The lowest BCUT2D eigenvalue weighted by Gasteiger charge is -2.19. The first kappa shape index (κ1) is 12.7. The Morgan fingerprint density at radius 3 is 2.47 bits per heavy atom. The van der Waals surface area contributed by atoms with E-state index in [4.69, 9.17) is 0 Å². The predicted molar refractivity (Wildman–Crippen MR) is 76.2 cm³/mol. The Hall–Kier alpha value is -0.710. The second kappa shape index (κ2) is 5.76. The summed E-state index contributed by atoms with van der Waals surface area (Å²) < 4.78 is 1.11. The van der Waals surface area contributed by atoms with Gasteiger partial charge in [0, 0.05) is 27.6 Å². The zero-order chi connectivity index (χ0) is 12.3. The van der Waals surface area contributed by atoms with Crippen LogP contribution in [0.15, 0.2) is 40.4 Å². The first-order valence-electron chi connectivity index (χ1n) is 5.56. The average Bonchev–Trinajstić information content (AvgIpc) is 2.83. The van der Waals surface area contributed by atoms with Crippen LogP contribution in [-0.2, 0) is 0 Å². The first-order valence-corrected chi connectivity index (χ1v) is 7.24. The normalized spacial score (nSPS) is 14.5. The van der Waals surface area contributed by atoms with Gasteiger partial charge in [-0.25, -0.2) is 0 Å². The Labute approximate surface area is 114 Å². The Morgan fingerprint density at radius 2 is 1.88 bits per heavy atom. The molecule has 2 nitrogen and oxygen atoms in total. The number of nitrogens with zero attached hydrogens (tertiary/aromatic N) is 1. The number of rotatable bonds is 4. The fraction of sp³-hybridized carbons (Fsp3) is 0.308. The average molecular weight is 311 g/mol. The molecule has 0 bridgehead atoms. The van der Waals surface area contributed by atoms with Gasteiger partial charge in [-0.15, -0.1) is 11.3 Å². The van der Waals surface area contributed by atoms with E-state index in [0.29, 0.717) is 12.1 Å². The smallest absolute Gasteiger partial charge is 0.0794 e. The van der Waals surface area contributed by atoms with Crippen molar-refractivity contribution in [1.82, 2.24) is 10.3 Å². The molecule has 0 radical (unpaired) electrons. The molecule has 2 aromatic rings. The lowest BCUT2D eigenvalue weighted by Crippen LogP contribution is -2.21. The van der Waals surface area contributed by atoms with Crippen molar-refractivity contribution in [1.29, 1.82) is 0 Å². The number of hydrogen-bond donors (Lipinski definition) is 1. The number of thiazole rings is 1. The van der Waals surface area contributed by atoms with Crippen LogP contribution in [-0.4, -0.2) is 4.98 Å². The minimum Gasteiger partial charge on any atom is -0.303 e. The number of benzene rings is 1. The van der Waals surface area contributed by atoms with Crippen LogP contribution < -0.4 is 5.32 Å². The molecule has 2 rings (SSSR count). The van der Waals surface area contributed by atoms with Gasteiger partial charge in [0.2, 0.25) is 0 Å². The largest absolute Gasteiger partial charge is 0.303 e. The molecule has 17 heavy (non-hydrogen) atoms. The molecule has 1 heterocycles. The third-order valence-electron chi connectivity index (χ3n) is 2.75. The van der Waals surface area contributed by atoms with Crippen molar-refractivity contribution >= 4 is 27.3 Å². The molecule has 90 valence electrons. The highest BCUT2D eigenvalue weighted by atomic mass is 79.9. The zero-order valence-corrected chi connectivity index (χ0v) is 12.3. The van der Waals surface area contributed by atoms with Gasteiger partial charge in [0.1, 0.15) is 0 Å². The number of nitrogens with one attached hydrogen (secondary N) is 1. The second-order valence-corrected chi connectivity index (χ2v) is 5.90. The molecular weight excluding hydrogens is 296 g/mol. The molecule has 2 atom stereocenters. The van der Waals surface area contributed by atoms with Crippen molar-refractivity contribution in [3.63, 3.8) is 0 Å². The summed E-state index contributed by atoms with van der Waals surface area (Å²) in [4.78, 5) is 5.38. The van der Waals surface area contributed by atoms with Crippen molar-refractivity contribution < 1.29 is 0 Å². The first-order chi connectivity index (χ1) is 8.16. The Morgan fingerprint density at radius 1 is 1.18 bits per heavy atom. The van der Waals surface area contributed by atoms with Crippen LogP contribution in [0.3, 0.4) is 0 Å². The third kappa shape index (κ3) is 3.37. The highest BCUT2D eigenvalue weighted by molar-refractivity contribution is 9.10. The van der Waals surface area contributed by atoms with Crippen molar-refractivity contribution in [3.05, 3.63) is 50.9 Å². The Bertz CT molecular complexity index is 453. The van der Waals surface area contributed by atoms with Crippen LogP contribution in [0.1, 0.15) is 36.4 Å². The van der Waals surface area contributed by atoms with Crippen molar-refractivity contribution in [2.75, 3.05) is 0 Å². The highest BCUT2D eigenvalue weighted by Gasteiger charge is 2.11. The third-order valence-corrected chi connectivity index (χ3v) is 4.24. The second-order valence-electron chi connectivity index (χ2n) is 4.07. The molecule has 0 saturated carbocycles. The summed E-state index contributed by atoms with van der Waals surface area (Å²) >= 11 is 5.14. The van der Waals surface area contributed by atoms with E-state index in [9.17, 15) is 0 Å². The number of hydrogen-bond acceptors (Lipinski definition) is 3. The fourth-order valence-electron chi connectivity index (χ4n) is 1.74. The van der Waals surface area contributed by atoms with Crippen LogP contribution in [0, 0.1) is 0 Å². The van der Waals surface area contributed by atoms with E-state index >= 15 is 0 Å². The van der Waals surface area contributed by atoms with Crippen LogP contribution >= 0.6 is 27.3 Å². The molecule has 0 fully saturated rings. The number of aromatic nitrogens is 1. The molecule has 0 aliphatic rings. The van der Waals surface area contributed by atoms with Crippen LogP contribution in [0.4, 0.5) is 0 Å². The number of halogens is 1. The van der Waals surface area contributed by atoms with Gasteiger partial charge < -0.3 is 5.32 Å². The van der Waals surface area contributed by atoms with Crippen molar-refractivity contribution in [2.24, 2.45) is 0 Å². The Kier molecular flexibility index (Phi) is 4.31. The molecule has 1 aromatic heterocycles. The van der Waals surface area contributed by atoms with Gasteiger partial charge in [-0.2, -0.15) is 0 Å². The molecule has 1 aromatic carbocycles. The van der Waals surface area contributed by atoms with Gasteiger partial charge in [-0.1, -0.05) is 28.1 Å². The molecule has 0 amide bonds.